The molecule has 2 nitrogen and oxygen atoms in total. The van der Waals surface area contributed by atoms with Crippen molar-refractivity contribution in [2.75, 3.05) is 24.5 Å². The van der Waals surface area contributed by atoms with Gasteiger partial charge in [-0.3, -0.25) is 0 Å². The second-order valence-electron chi connectivity index (χ2n) is 5.49. The number of rotatable bonds is 5. The zero-order valence-electron chi connectivity index (χ0n) is 11.7. The van der Waals surface area contributed by atoms with Crippen molar-refractivity contribution in [1.82, 2.24) is 5.32 Å². The van der Waals surface area contributed by atoms with E-state index in [9.17, 15) is 8.78 Å². The Labute approximate surface area is 123 Å². The van der Waals surface area contributed by atoms with Crippen LogP contribution in [-0.2, 0) is 6.54 Å². The highest BCUT2D eigenvalue weighted by Gasteiger charge is 2.20. The van der Waals surface area contributed by atoms with Gasteiger partial charge in [-0.05, 0) is 29.8 Å². The lowest BCUT2D eigenvalue weighted by Crippen LogP contribution is -2.48. The fourth-order valence-electron chi connectivity index (χ4n) is 2.55. The molecule has 4 heteroatoms. The molecule has 0 amide bonds. The Balaban J connectivity index is 1.79. The lowest BCUT2D eigenvalue weighted by atomic mass is 10.0. The van der Waals surface area contributed by atoms with Crippen LogP contribution in [0.25, 0.3) is 0 Å². The Morgan fingerprint density at radius 1 is 1.00 bits per heavy atom. The number of nitrogens with one attached hydrogen (secondary N) is 1. The highest BCUT2D eigenvalue weighted by Crippen LogP contribution is 2.20. The number of benzene rings is 2. The van der Waals surface area contributed by atoms with Gasteiger partial charge in [0.15, 0.2) is 11.6 Å². The SMILES string of the molecule is Fc1ccc(CN(CC2CNC2)c2ccccc2)cc1F. The van der Waals surface area contributed by atoms with Gasteiger partial charge >= 0.3 is 0 Å². The minimum atomic E-state index is -0.798. The van der Waals surface area contributed by atoms with Crippen LogP contribution < -0.4 is 10.2 Å². The van der Waals surface area contributed by atoms with Gasteiger partial charge in [-0.1, -0.05) is 24.3 Å². The fourth-order valence-corrected chi connectivity index (χ4v) is 2.55. The Kier molecular flexibility index (Phi) is 4.15. The molecule has 0 aromatic heterocycles. The van der Waals surface area contributed by atoms with Crippen LogP contribution in [0.5, 0.6) is 0 Å². The van der Waals surface area contributed by atoms with E-state index in [1.54, 1.807) is 6.07 Å². The van der Waals surface area contributed by atoms with Crippen molar-refractivity contribution in [1.29, 1.82) is 0 Å². The Bertz CT molecular complexity index is 597. The van der Waals surface area contributed by atoms with Crippen LogP contribution in [0.1, 0.15) is 5.56 Å². The predicted molar refractivity (Wildman–Crippen MR) is 80.2 cm³/mol. The maximum Gasteiger partial charge on any atom is 0.159 e. The third-order valence-corrected chi connectivity index (χ3v) is 3.82. The lowest BCUT2D eigenvalue weighted by Gasteiger charge is -2.34. The predicted octanol–water partition coefficient (Wildman–Crippen LogP) is 3.19. The third kappa shape index (κ3) is 3.39. The topological polar surface area (TPSA) is 15.3 Å². The number of anilines is 1. The number of hydrogen-bond acceptors (Lipinski definition) is 2. The number of hydrogen-bond donors (Lipinski definition) is 1. The van der Waals surface area contributed by atoms with E-state index in [0.29, 0.717) is 12.5 Å². The van der Waals surface area contributed by atoms with Crippen molar-refractivity contribution in [3.8, 4) is 0 Å². The summed E-state index contributed by atoms with van der Waals surface area (Å²) in [5, 5.41) is 3.26. The van der Waals surface area contributed by atoms with Gasteiger partial charge in [0.2, 0.25) is 0 Å². The van der Waals surface area contributed by atoms with Crippen LogP contribution >= 0.6 is 0 Å². The van der Waals surface area contributed by atoms with Gasteiger partial charge in [-0.15, -0.1) is 0 Å². The number of para-hydroxylation sites is 1. The van der Waals surface area contributed by atoms with E-state index in [1.165, 1.54) is 12.1 Å². The molecule has 1 aliphatic rings. The number of nitrogens with zero attached hydrogens (tertiary/aromatic N) is 1. The molecule has 21 heavy (non-hydrogen) atoms. The summed E-state index contributed by atoms with van der Waals surface area (Å²) >= 11 is 0. The Hall–Kier alpha value is -1.94. The first-order chi connectivity index (χ1) is 10.2. The summed E-state index contributed by atoms with van der Waals surface area (Å²) in [5.41, 5.74) is 1.89. The molecule has 3 rings (SSSR count). The van der Waals surface area contributed by atoms with E-state index in [1.807, 2.05) is 30.3 Å². The maximum absolute atomic E-state index is 13.4. The van der Waals surface area contributed by atoms with Gasteiger partial charge < -0.3 is 10.2 Å². The summed E-state index contributed by atoms with van der Waals surface area (Å²) in [4.78, 5) is 2.22. The molecule has 2 aromatic carbocycles. The molecule has 0 bridgehead atoms. The monoisotopic (exact) mass is 288 g/mol. The molecule has 1 heterocycles. The summed E-state index contributed by atoms with van der Waals surface area (Å²) in [6.07, 6.45) is 0. The molecule has 1 aliphatic heterocycles. The zero-order chi connectivity index (χ0) is 14.7. The maximum atomic E-state index is 13.4. The summed E-state index contributed by atoms with van der Waals surface area (Å²) in [7, 11) is 0. The standard InChI is InChI=1S/C17H18F2N2/c18-16-7-6-13(8-17(16)19)11-21(12-14-9-20-10-14)15-4-2-1-3-5-15/h1-8,14,20H,9-12H2. The molecule has 0 saturated carbocycles. The van der Waals surface area contributed by atoms with Gasteiger partial charge in [-0.25, -0.2) is 8.78 Å². The minimum Gasteiger partial charge on any atom is -0.367 e. The van der Waals surface area contributed by atoms with Crippen LogP contribution in [0.3, 0.4) is 0 Å². The van der Waals surface area contributed by atoms with E-state index in [0.717, 1.165) is 30.9 Å². The third-order valence-electron chi connectivity index (χ3n) is 3.82. The van der Waals surface area contributed by atoms with Gasteiger partial charge in [-0.2, -0.15) is 0 Å². The first-order valence-corrected chi connectivity index (χ1v) is 7.17. The fraction of sp³-hybridized carbons (Fsp3) is 0.294. The van der Waals surface area contributed by atoms with Crippen molar-refractivity contribution in [2.24, 2.45) is 5.92 Å². The first kappa shape index (κ1) is 14.0. The molecule has 1 fully saturated rings. The molecule has 0 radical (unpaired) electrons. The molecule has 0 atom stereocenters. The van der Waals surface area contributed by atoms with E-state index >= 15 is 0 Å². The van der Waals surface area contributed by atoms with Crippen LogP contribution in [0.15, 0.2) is 48.5 Å². The van der Waals surface area contributed by atoms with E-state index < -0.39 is 11.6 Å². The molecule has 0 spiro atoms. The highest BCUT2D eigenvalue weighted by atomic mass is 19.2. The van der Waals surface area contributed by atoms with Crippen molar-refractivity contribution < 1.29 is 8.78 Å². The van der Waals surface area contributed by atoms with Gasteiger partial charge in [0.25, 0.3) is 0 Å². The van der Waals surface area contributed by atoms with Gasteiger partial charge in [0, 0.05) is 37.8 Å². The van der Waals surface area contributed by atoms with E-state index in [2.05, 4.69) is 10.2 Å². The highest BCUT2D eigenvalue weighted by molar-refractivity contribution is 5.47. The molecular weight excluding hydrogens is 270 g/mol. The van der Waals surface area contributed by atoms with E-state index in [-0.39, 0.29) is 0 Å². The summed E-state index contributed by atoms with van der Waals surface area (Å²) < 4.78 is 26.4. The van der Waals surface area contributed by atoms with Gasteiger partial charge in [0.1, 0.15) is 0 Å². The molecule has 1 N–H and O–H groups in total. The summed E-state index contributed by atoms with van der Waals surface area (Å²) in [6, 6.07) is 14.2. The largest absolute Gasteiger partial charge is 0.367 e. The van der Waals surface area contributed by atoms with Crippen LogP contribution in [0, 0.1) is 17.6 Å². The molecular formula is C17H18F2N2. The zero-order valence-corrected chi connectivity index (χ0v) is 11.7. The minimum absolute atomic E-state index is 0.581. The van der Waals surface area contributed by atoms with Crippen molar-refractivity contribution in [3.63, 3.8) is 0 Å². The quantitative estimate of drug-likeness (QED) is 0.909. The average molecular weight is 288 g/mol. The average Bonchev–Trinajstić information content (AvgIpc) is 2.46. The smallest absolute Gasteiger partial charge is 0.159 e. The molecule has 110 valence electrons. The second kappa shape index (κ2) is 6.22. The van der Waals surface area contributed by atoms with Crippen LogP contribution in [-0.4, -0.2) is 19.6 Å². The Morgan fingerprint density at radius 2 is 1.76 bits per heavy atom. The van der Waals surface area contributed by atoms with Crippen LogP contribution in [0.2, 0.25) is 0 Å². The van der Waals surface area contributed by atoms with Gasteiger partial charge in [0.05, 0.1) is 0 Å². The van der Waals surface area contributed by atoms with Crippen LogP contribution in [0.4, 0.5) is 14.5 Å². The molecule has 0 unspecified atom stereocenters. The Morgan fingerprint density at radius 3 is 2.38 bits per heavy atom. The molecule has 1 saturated heterocycles. The molecule has 2 aromatic rings. The molecule has 0 aliphatic carbocycles. The van der Waals surface area contributed by atoms with E-state index in [4.69, 9.17) is 0 Å². The van der Waals surface area contributed by atoms with Crippen molar-refractivity contribution in [3.05, 3.63) is 65.7 Å². The van der Waals surface area contributed by atoms with Crippen molar-refractivity contribution >= 4 is 5.69 Å². The summed E-state index contributed by atoms with van der Waals surface area (Å²) in [6.45, 7) is 3.52. The van der Waals surface area contributed by atoms with Crippen molar-refractivity contribution in [2.45, 2.75) is 6.54 Å². The summed E-state index contributed by atoms with van der Waals surface area (Å²) in [5.74, 6) is -0.977. The lowest BCUT2D eigenvalue weighted by molar-refractivity contribution is 0.348. The second-order valence-corrected chi connectivity index (χ2v) is 5.49. The number of halogens is 2. The first-order valence-electron chi connectivity index (χ1n) is 7.17. The normalized spacial score (nSPS) is 14.8.